The second-order valence-electron chi connectivity index (χ2n) is 4.43. The quantitative estimate of drug-likeness (QED) is 0.782. The molecule has 0 aliphatic rings. The van der Waals surface area contributed by atoms with Gasteiger partial charge in [-0.15, -0.1) is 0 Å². The molecule has 0 aliphatic heterocycles. The third-order valence-electron chi connectivity index (χ3n) is 3.19. The maximum absolute atomic E-state index is 11.2. The van der Waals surface area contributed by atoms with E-state index >= 15 is 0 Å². The zero-order valence-corrected chi connectivity index (χ0v) is 12.4. The Morgan fingerprint density at radius 1 is 1.24 bits per heavy atom. The normalized spacial score (nSPS) is 11.0. The maximum Gasteiger partial charge on any atom is 0.372 e. The average Bonchev–Trinajstić information content (AvgIpc) is 2.80. The number of pyridine rings is 1. The first-order valence-corrected chi connectivity index (χ1v) is 6.75. The lowest BCUT2D eigenvalue weighted by atomic mass is 10.1. The Morgan fingerprint density at radius 3 is 2.71 bits per heavy atom. The molecule has 0 radical (unpaired) electrons. The molecule has 3 rings (SSSR count). The minimum Gasteiger partial charge on any atom is -0.475 e. The number of carbonyl (C=O) groups is 1. The van der Waals surface area contributed by atoms with Gasteiger partial charge >= 0.3 is 5.97 Å². The van der Waals surface area contributed by atoms with Gasteiger partial charge in [0.05, 0.1) is 10.0 Å². The van der Waals surface area contributed by atoms with Crippen molar-refractivity contribution in [3.8, 4) is 11.1 Å². The summed E-state index contributed by atoms with van der Waals surface area (Å²) < 4.78 is 1.43. The summed E-state index contributed by atoms with van der Waals surface area (Å²) in [5.41, 5.74) is 2.32. The number of hydrogen-bond donors (Lipinski definition) is 1. The standard InChI is InChI=1S/C14H9Cl2N3O2/c1-19-12-11(18-13(19)14(20)21)8(5-6-17-12)7-3-2-4-9(15)10(7)16/h2-6H,1H3,(H,20,21). The van der Waals surface area contributed by atoms with Crippen LogP contribution in [0, 0.1) is 0 Å². The number of hydrogen-bond acceptors (Lipinski definition) is 3. The number of carboxylic acid groups (broad SMARTS) is 1. The van der Waals surface area contributed by atoms with Gasteiger partial charge in [-0.3, -0.25) is 0 Å². The van der Waals surface area contributed by atoms with Crippen LogP contribution in [0.25, 0.3) is 22.3 Å². The minimum atomic E-state index is -1.11. The van der Waals surface area contributed by atoms with Gasteiger partial charge in [-0.05, 0) is 12.1 Å². The number of aromatic carboxylic acids is 1. The summed E-state index contributed by atoms with van der Waals surface area (Å²) in [5.74, 6) is -1.19. The van der Waals surface area contributed by atoms with Gasteiger partial charge < -0.3 is 9.67 Å². The molecule has 0 saturated heterocycles. The number of halogens is 2. The van der Waals surface area contributed by atoms with E-state index in [1.165, 1.54) is 4.57 Å². The molecule has 0 atom stereocenters. The van der Waals surface area contributed by atoms with Crippen LogP contribution in [0.1, 0.15) is 10.6 Å². The number of nitrogens with zero attached hydrogens (tertiary/aromatic N) is 3. The Morgan fingerprint density at radius 2 is 2.00 bits per heavy atom. The summed E-state index contributed by atoms with van der Waals surface area (Å²) >= 11 is 12.3. The van der Waals surface area contributed by atoms with Crippen molar-refractivity contribution < 1.29 is 9.90 Å². The lowest BCUT2D eigenvalue weighted by molar-refractivity contribution is 0.0680. The second kappa shape index (κ2) is 5.02. The molecule has 0 bridgehead atoms. The Labute approximate surface area is 129 Å². The van der Waals surface area contributed by atoms with Crippen LogP contribution in [-0.2, 0) is 7.05 Å². The molecule has 0 amide bonds. The van der Waals surface area contributed by atoms with E-state index < -0.39 is 5.97 Å². The van der Waals surface area contributed by atoms with Gasteiger partial charge in [-0.2, -0.15) is 0 Å². The molecule has 0 saturated carbocycles. The van der Waals surface area contributed by atoms with E-state index in [9.17, 15) is 4.79 Å². The Balaban J connectivity index is 2.36. The zero-order valence-electron chi connectivity index (χ0n) is 10.8. The van der Waals surface area contributed by atoms with E-state index in [-0.39, 0.29) is 5.82 Å². The number of aromatic nitrogens is 3. The van der Waals surface area contributed by atoms with Crippen molar-refractivity contribution in [2.24, 2.45) is 7.05 Å². The summed E-state index contributed by atoms with van der Waals surface area (Å²) in [6.45, 7) is 0. The fourth-order valence-electron chi connectivity index (χ4n) is 2.20. The summed E-state index contributed by atoms with van der Waals surface area (Å²) in [4.78, 5) is 19.5. The highest BCUT2D eigenvalue weighted by Gasteiger charge is 2.19. The molecule has 106 valence electrons. The van der Waals surface area contributed by atoms with Crippen LogP contribution in [0.3, 0.4) is 0 Å². The van der Waals surface area contributed by atoms with Gasteiger partial charge in [-0.25, -0.2) is 14.8 Å². The zero-order chi connectivity index (χ0) is 15.1. The Hall–Kier alpha value is -2.11. The van der Waals surface area contributed by atoms with Crippen molar-refractivity contribution in [3.05, 3.63) is 46.3 Å². The lowest BCUT2D eigenvalue weighted by Crippen LogP contribution is -2.05. The molecule has 0 aliphatic carbocycles. The largest absolute Gasteiger partial charge is 0.475 e. The van der Waals surface area contributed by atoms with Gasteiger partial charge in [0.2, 0.25) is 5.82 Å². The molecule has 3 aromatic rings. The highest BCUT2D eigenvalue weighted by atomic mass is 35.5. The van der Waals surface area contributed by atoms with Crippen LogP contribution in [0.5, 0.6) is 0 Å². The van der Waals surface area contributed by atoms with Gasteiger partial charge in [0.25, 0.3) is 0 Å². The smallest absolute Gasteiger partial charge is 0.372 e. The third kappa shape index (κ3) is 2.14. The topological polar surface area (TPSA) is 68.0 Å². The van der Waals surface area contributed by atoms with E-state index in [2.05, 4.69) is 9.97 Å². The van der Waals surface area contributed by atoms with E-state index in [4.69, 9.17) is 28.3 Å². The van der Waals surface area contributed by atoms with Crippen molar-refractivity contribution in [1.82, 2.24) is 14.5 Å². The van der Waals surface area contributed by atoms with Crippen molar-refractivity contribution in [1.29, 1.82) is 0 Å². The SMILES string of the molecule is Cn1c(C(=O)O)nc2c(-c3cccc(Cl)c3Cl)ccnc21. The summed E-state index contributed by atoms with van der Waals surface area (Å²) in [7, 11) is 1.61. The predicted octanol–water partition coefficient (Wildman–Crippen LogP) is 3.64. The van der Waals surface area contributed by atoms with E-state index in [1.807, 2.05) is 0 Å². The van der Waals surface area contributed by atoms with E-state index in [0.29, 0.717) is 32.3 Å². The van der Waals surface area contributed by atoms with Crippen LogP contribution in [0.4, 0.5) is 0 Å². The lowest BCUT2D eigenvalue weighted by Gasteiger charge is -2.06. The van der Waals surface area contributed by atoms with Crippen molar-refractivity contribution in [2.45, 2.75) is 0 Å². The molecule has 0 unspecified atom stereocenters. The molecule has 0 spiro atoms. The molecule has 1 N–H and O–H groups in total. The number of carboxylic acids is 1. The van der Waals surface area contributed by atoms with Crippen LogP contribution in [0.2, 0.25) is 10.0 Å². The Bertz CT molecular complexity index is 874. The maximum atomic E-state index is 11.2. The first-order chi connectivity index (χ1) is 10.0. The summed E-state index contributed by atoms with van der Waals surface area (Å²) in [6, 6.07) is 7.00. The van der Waals surface area contributed by atoms with Gasteiger partial charge in [0.15, 0.2) is 5.65 Å². The number of rotatable bonds is 2. The number of benzene rings is 1. The molecule has 0 fully saturated rings. The van der Waals surface area contributed by atoms with Gasteiger partial charge in [-0.1, -0.05) is 35.3 Å². The van der Waals surface area contributed by atoms with Gasteiger partial charge in [0.1, 0.15) is 5.52 Å². The van der Waals surface area contributed by atoms with Crippen molar-refractivity contribution in [2.75, 3.05) is 0 Å². The number of imidazole rings is 1. The number of fused-ring (bicyclic) bond motifs is 1. The monoisotopic (exact) mass is 321 g/mol. The molecule has 7 heteroatoms. The first kappa shape index (κ1) is 13.9. The fraction of sp³-hybridized carbons (Fsp3) is 0.0714. The van der Waals surface area contributed by atoms with Crippen molar-refractivity contribution in [3.63, 3.8) is 0 Å². The average molecular weight is 322 g/mol. The van der Waals surface area contributed by atoms with Crippen molar-refractivity contribution >= 4 is 40.3 Å². The fourth-order valence-corrected chi connectivity index (χ4v) is 2.60. The highest BCUT2D eigenvalue weighted by molar-refractivity contribution is 6.43. The second-order valence-corrected chi connectivity index (χ2v) is 5.22. The third-order valence-corrected chi connectivity index (χ3v) is 4.01. The molecular weight excluding hydrogens is 313 g/mol. The Kier molecular flexibility index (Phi) is 3.31. The molecule has 21 heavy (non-hydrogen) atoms. The molecule has 1 aromatic carbocycles. The number of aryl methyl sites for hydroxylation is 1. The molecule has 5 nitrogen and oxygen atoms in total. The highest BCUT2D eigenvalue weighted by Crippen LogP contribution is 2.36. The summed E-state index contributed by atoms with van der Waals surface area (Å²) in [5, 5.41) is 9.99. The molecular formula is C14H9Cl2N3O2. The summed E-state index contributed by atoms with van der Waals surface area (Å²) in [6.07, 6.45) is 1.59. The first-order valence-electron chi connectivity index (χ1n) is 6.00. The van der Waals surface area contributed by atoms with Gasteiger partial charge in [0, 0.05) is 24.4 Å². The van der Waals surface area contributed by atoms with Crippen LogP contribution in [-0.4, -0.2) is 25.6 Å². The predicted molar refractivity (Wildman–Crippen MR) is 80.9 cm³/mol. The van der Waals surface area contributed by atoms with Crippen LogP contribution < -0.4 is 0 Å². The van der Waals surface area contributed by atoms with Crippen LogP contribution >= 0.6 is 23.2 Å². The molecule has 2 heterocycles. The van der Waals surface area contributed by atoms with E-state index in [0.717, 1.165) is 0 Å². The van der Waals surface area contributed by atoms with E-state index in [1.54, 1.807) is 37.5 Å². The van der Waals surface area contributed by atoms with Crippen LogP contribution in [0.15, 0.2) is 30.5 Å². The minimum absolute atomic E-state index is 0.0805. The molecule has 2 aromatic heterocycles.